The molecule has 2 heterocycles. The number of carbonyl (C=O) groups excluding carboxylic acids is 1. The molecule has 1 aromatic carbocycles. The number of nitrogens with one attached hydrogen (secondary N) is 2. The summed E-state index contributed by atoms with van der Waals surface area (Å²) in [7, 11) is 0. The van der Waals surface area contributed by atoms with Crippen LogP contribution in [0, 0.1) is 0 Å². The highest BCUT2D eigenvalue weighted by atomic mass is 35.5. The minimum atomic E-state index is -1.19. The number of amides is 1. The topological polar surface area (TPSA) is 113 Å². The summed E-state index contributed by atoms with van der Waals surface area (Å²) in [4.78, 5) is 30.3. The van der Waals surface area contributed by atoms with Gasteiger partial charge in [0.2, 0.25) is 0 Å². The zero-order chi connectivity index (χ0) is 24.9. The lowest BCUT2D eigenvalue weighted by Gasteiger charge is -2.34. The van der Waals surface area contributed by atoms with Crippen molar-refractivity contribution in [2.75, 3.05) is 31.6 Å². The summed E-state index contributed by atoms with van der Waals surface area (Å²) in [5.41, 5.74) is 0.280. The van der Waals surface area contributed by atoms with Gasteiger partial charge in [-0.2, -0.15) is 0 Å². The summed E-state index contributed by atoms with van der Waals surface area (Å²) in [6.07, 6.45) is -0.390. The first-order chi connectivity index (χ1) is 16.0. The third kappa shape index (κ3) is 6.98. The van der Waals surface area contributed by atoms with Crippen LogP contribution in [-0.4, -0.2) is 64.9 Å². The highest BCUT2D eigenvalue weighted by Gasteiger charge is 2.28. The maximum Gasteiger partial charge on any atom is 0.410 e. The highest BCUT2D eigenvalue weighted by Crippen LogP contribution is 2.31. The molecule has 0 radical (unpaired) electrons. The predicted molar refractivity (Wildman–Crippen MR) is 130 cm³/mol. The molecular formula is C24H31ClN4O5. The minimum absolute atomic E-state index is 0.103. The highest BCUT2D eigenvalue weighted by molar-refractivity contribution is 6.29. The van der Waals surface area contributed by atoms with E-state index in [9.17, 15) is 14.7 Å². The van der Waals surface area contributed by atoms with E-state index in [0.717, 1.165) is 5.56 Å². The van der Waals surface area contributed by atoms with E-state index in [0.29, 0.717) is 19.6 Å². The fourth-order valence-electron chi connectivity index (χ4n) is 3.57. The molecule has 2 aromatic rings. The van der Waals surface area contributed by atoms with Gasteiger partial charge in [-0.25, -0.2) is 14.6 Å². The number of halogens is 1. The maximum atomic E-state index is 12.4. The van der Waals surface area contributed by atoms with Crippen molar-refractivity contribution in [1.82, 2.24) is 15.2 Å². The zero-order valence-corrected chi connectivity index (χ0v) is 20.6. The summed E-state index contributed by atoms with van der Waals surface area (Å²) in [6, 6.07) is 10.6. The number of pyridine rings is 1. The second-order valence-corrected chi connectivity index (χ2v) is 9.52. The molecule has 10 heteroatoms. The smallest absolute Gasteiger partial charge is 0.410 e. The van der Waals surface area contributed by atoms with Gasteiger partial charge in [-0.15, -0.1) is 0 Å². The molecule has 1 aliphatic rings. The Kier molecular flexibility index (Phi) is 8.22. The van der Waals surface area contributed by atoms with Gasteiger partial charge in [0, 0.05) is 31.7 Å². The number of hydrogen-bond donors (Lipinski definition) is 3. The number of carboxylic acid groups (broad SMARTS) is 1. The Morgan fingerprint density at radius 3 is 2.68 bits per heavy atom. The molecule has 1 fully saturated rings. The molecule has 0 saturated carbocycles. The number of piperazine rings is 1. The maximum absolute atomic E-state index is 12.4. The average Bonchev–Trinajstić information content (AvgIpc) is 2.76. The molecule has 0 spiro atoms. The summed E-state index contributed by atoms with van der Waals surface area (Å²) >= 11 is 6.19. The molecule has 0 unspecified atom stereocenters. The molecule has 1 aromatic heterocycles. The lowest BCUT2D eigenvalue weighted by Crippen LogP contribution is -2.55. The van der Waals surface area contributed by atoms with Gasteiger partial charge in [0.05, 0.1) is 6.04 Å². The normalized spacial score (nSPS) is 17.1. The van der Waals surface area contributed by atoms with E-state index in [1.807, 2.05) is 58.0 Å². The van der Waals surface area contributed by atoms with Gasteiger partial charge in [-0.1, -0.05) is 41.9 Å². The van der Waals surface area contributed by atoms with Crippen molar-refractivity contribution in [1.29, 1.82) is 0 Å². The van der Waals surface area contributed by atoms with Gasteiger partial charge in [0.15, 0.2) is 0 Å². The number of carboxylic acids is 1. The van der Waals surface area contributed by atoms with Crippen molar-refractivity contribution < 1.29 is 24.2 Å². The molecular weight excluding hydrogens is 460 g/mol. The Morgan fingerprint density at radius 1 is 1.32 bits per heavy atom. The molecule has 1 amide bonds. The number of ether oxygens (including phenoxy) is 2. The molecule has 34 heavy (non-hydrogen) atoms. The van der Waals surface area contributed by atoms with Crippen LogP contribution in [0.4, 0.5) is 10.6 Å². The Balaban J connectivity index is 1.73. The van der Waals surface area contributed by atoms with E-state index in [1.54, 1.807) is 4.90 Å². The van der Waals surface area contributed by atoms with Gasteiger partial charge in [-0.05, 0) is 33.3 Å². The Bertz CT molecular complexity index is 1010. The molecule has 3 N–H and O–H groups in total. The van der Waals surface area contributed by atoms with Crippen molar-refractivity contribution >= 4 is 29.5 Å². The first-order valence-corrected chi connectivity index (χ1v) is 11.5. The van der Waals surface area contributed by atoms with Gasteiger partial charge < -0.3 is 30.1 Å². The fourth-order valence-corrected chi connectivity index (χ4v) is 3.75. The lowest BCUT2D eigenvalue weighted by atomic mass is 10.1. The Hall–Kier alpha value is -3.04. The van der Waals surface area contributed by atoms with Gasteiger partial charge in [0.1, 0.15) is 34.5 Å². The standard InChI is InChI=1S/C24H31ClN4O5/c1-15(16-8-6-5-7-9-16)27-21-20(22(30)31)18(12-19(25)28-21)33-14-17-13-29(11-10-26-17)23(32)34-24(2,3)4/h5-9,12,15,17,26H,10-11,13-14H2,1-4H3,(H,27,28)(H,30,31)/t15-,17-/m1/s1. The monoisotopic (exact) mass is 490 g/mol. The molecule has 0 bridgehead atoms. The van der Waals surface area contributed by atoms with E-state index in [1.165, 1.54) is 6.07 Å². The lowest BCUT2D eigenvalue weighted by molar-refractivity contribution is 0.0178. The van der Waals surface area contributed by atoms with E-state index in [4.69, 9.17) is 21.1 Å². The van der Waals surface area contributed by atoms with E-state index < -0.39 is 17.7 Å². The van der Waals surface area contributed by atoms with Crippen molar-refractivity contribution in [2.24, 2.45) is 0 Å². The number of carbonyl (C=O) groups is 2. The Morgan fingerprint density at radius 2 is 2.03 bits per heavy atom. The summed E-state index contributed by atoms with van der Waals surface area (Å²) in [5.74, 6) is -0.960. The molecule has 0 aliphatic carbocycles. The van der Waals surface area contributed by atoms with Crippen molar-refractivity contribution in [3.05, 3.63) is 52.7 Å². The van der Waals surface area contributed by atoms with Crippen LogP contribution in [0.2, 0.25) is 5.15 Å². The second kappa shape index (κ2) is 10.9. The number of rotatable bonds is 7. The van der Waals surface area contributed by atoms with E-state index in [-0.39, 0.29) is 41.0 Å². The largest absolute Gasteiger partial charge is 0.491 e. The fraction of sp³-hybridized carbons (Fsp3) is 0.458. The van der Waals surface area contributed by atoms with E-state index in [2.05, 4.69) is 15.6 Å². The summed E-state index contributed by atoms with van der Waals surface area (Å²) in [5, 5.41) is 16.4. The predicted octanol–water partition coefficient (Wildman–Crippen LogP) is 4.19. The number of benzene rings is 1. The molecule has 1 aliphatic heterocycles. The van der Waals surface area contributed by atoms with Crippen molar-refractivity contribution in [2.45, 2.75) is 45.4 Å². The van der Waals surface area contributed by atoms with Crippen molar-refractivity contribution in [3.63, 3.8) is 0 Å². The summed E-state index contributed by atoms with van der Waals surface area (Å²) < 4.78 is 11.3. The number of anilines is 1. The van der Waals surface area contributed by atoms with Crippen LogP contribution in [0.25, 0.3) is 0 Å². The van der Waals surface area contributed by atoms with Gasteiger partial charge >= 0.3 is 12.1 Å². The third-order valence-corrected chi connectivity index (χ3v) is 5.36. The van der Waals surface area contributed by atoms with Crippen molar-refractivity contribution in [3.8, 4) is 5.75 Å². The van der Waals surface area contributed by atoms with E-state index >= 15 is 0 Å². The third-order valence-electron chi connectivity index (χ3n) is 5.17. The number of aromatic carboxylic acids is 1. The van der Waals surface area contributed by atoms with Crippen LogP contribution in [0.15, 0.2) is 36.4 Å². The number of hydrogen-bond acceptors (Lipinski definition) is 7. The van der Waals surface area contributed by atoms with Gasteiger partial charge in [-0.3, -0.25) is 0 Å². The summed E-state index contributed by atoms with van der Waals surface area (Å²) in [6.45, 7) is 8.94. The first kappa shape index (κ1) is 25.6. The number of nitrogens with zero attached hydrogens (tertiary/aromatic N) is 2. The first-order valence-electron chi connectivity index (χ1n) is 11.1. The molecule has 2 atom stereocenters. The average molecular weight is 491 g/mol. The minimum Gasteiger partial charge on any atom is -0.491 e. The van der Waals surface area contributed by atoms with Crippen LogP contribution < -0.4 is 15.4 Å². The van der Waals surface area contributed by atoms with Crippen LogP contribution in [-0.2, 0) is 4.74 Å². The molecule has 3 rings (SSSR count). The molecule has 184 valence electrons. The van der Waals surface area contributed by atoms with Crippen LogP contribution in [0.5, 0.6) is 5.75 Å². The van der Waals surface area contributed by atoms with Crippen LogP contribution in [0.1, 0.15) is 49.7 Å². The van der Waals surface area contributed by atoms with Crippen LogP contribution in [0.3, 0.4) is 0 Å². The van der Waals surface area contributed by atoms with Gasteiger partial charge in [0.25, 0.3) is 0 Å². The number of aromatic nitrogens is 1. The van der Waals surface area contributed by atoms with Crippen LogP contribution >= 0.6 is 11.6 Å². The molecule has 9 nitrogen and oxygen atoms in total. The zero-order valence-electron chi connectivity index (χ0n) is 19.8. The quantitative estimate of drug-likeness (QED) is 0.495. The second-order valence-electron chi connectivity index (χ2n) is 9.14. The Labute approximate surface area is 204 Å². The SMILES string of the molecule is C[C@@H](Nc1nc(Cl)cc(OC[C@H]2CN(C(=O)OC(C)(C)C)CCN2)c1C(=O)O)c1ccccc1. The molecule has 1 saturated heterocycles.